The number of halogens is 6. The second-order valence-corrected chi connectivity index (χ2v) is 8.51. The standard InChI is InChI=1S/C15H10F6O6S2/c1-2-9-7-8-12(11-6-4-3-5-10(9)11)27-29(25,26)15(20,21)13(16,17)14(18,19)28(22,23)24/h2-8H,1H2,(H,22,23,24)/p-1. The molecule has 6 nitrogen and oxygen atoms in total. The molecule has 0 bridgehead atoms. The van der Waals surface area contributed by atoms with Crippen molar-refractivity contribution in [3.63, 3.8) is 0 Å². The Morgan fingerprint density at radius 2 is 1.38 bits per heavy atom. The molecular formula is C15H9F6O6S2-. The molecule has 0 fully saturated rings. The first-order valence-electron chi connectivity index (χ1n) is 7.18. The Morgan fingerprint density at radius 3 is 1.86 bits per heavy atom. The minimum Gasteiger partial charge on any atom is -0.743 e. The number of rotatable bonds is 7. The van der Waals surface area contributed by atoms with Gasteiger partial charge in [0.05, 0.1) is 0 Å². The molecular weight excluding hydrogens is 454 g/mol. The van der Waals surface area contributed by atoms with Crippen molar-refractivity contribution in [2.45, 2.75) is 16.4 Å². The monoisotopic (exact) mass is 463 g/mol. The lowest BCUT2D eigenvalue weighted by molar-refractivity contribution is -0.247. The fraction of sp³-hybridized carbons (Fsp3) is 0.200. The van der Waals surface area contributed by atoms with E-state index >= 15 is 0 Å². The first kappa shape index (κ1) is 23.0. The third-order valence-corrected chi connectivity index (χ3v) is 5.86. The number of alkyl halides is 6. The highest BCUT2D eigenvalue weighted by Gasteiger charge is 2.81. The van der Waals surface area contributed by atoms with Crippen LogP contribution < -0.4 is 4.18 Å². The molecule has 0 aliphatic heterocycles. The smallest absolute Gasteiger partial charge is 0.450 e. The molecule has 160 valence electrons. The van der Waals surface area contributed by atoms with Crippen LogP contribution in [0.15, 0.2) is 43.0 Å². The minimum atomic E-state index is -7.36. The number of benzene rings is 2. The molecule has 0 heterocycles. The first-order chi connectivity index (χ1) is 13.0. The van der Waals surface area contributed by atoms with Gasteiger partial charge in [0, 0.05) is 5.39 Å². The van der Waals surface area contributed by atoms with Gasteiger partial charge in [0.15, 0.2) is 15.9 Å². The fourth-order valence-electron chi connectivity index (χ4n) is 2.20. The zero-order valence-electron chi connectivity index (χ0n) is 13.8. The molecule has 2 rings (SSSR count). The summed E-state index contributed by atoms with van der Waals surface area (Å²) in [5, 5.41) is -13.7. The summed E-state index contributed by atoms with van der Waals surface area (Å²) in [6, 6.07) is 7.17. The average Bonchev–Trinajstić information content (AvgIpc) is 2.60. The maximum absolute atomic E-state index is 13.9. The molecule has 0 radical (unpaired) electrons. The van der Waals surface area contributed by atoms with E-state index in [0.717, 1.165) is 18.2 Å². The third kappa shape index (κ3) is 3.44. The SMILES string of the molecule is C=Cc1ccc(OS(=O)(=O)C(F)(F)C(F)(F)C(F)(F)S(=O)(=O)[O-])c2ccccc12. The largest absolute Gasteiger partial charge is 0.743 e. The summed E-state index contributed by atoms with van der Waals surface area (Å²) in [6.07, 6.45) is 1.29. The minimum absolute atomic E-state index is 0.184. The van der Waals surface area contributed by atoms with Crippen molar-refractivity contribution < 1.29 is 51.9 Å². The van der Waals surface area contributed by atoms with Gasteiger partial charge < -0.3 is 8.74 Å². The van der Waals surface area contributed by atoms with Crippen molar-refractivity contribution >= 4 is 37.1 Å². The molecule has 0 unspecified atom stereocenters. The molecule has 0 aromatic heterocycles. The Morgan fingerprint density at radius 1 is 0.862 bits per heavy atom. The van der Waals surface area contributed by atoms with Crippen LogP contribution in [0.5, 0.6) is 5.75 Å². The molecule has 0 N–H and O–H groups in total. The second kappa shape index (κ2) is 6.88. The lowest BCUT2D eigenvalue weighted by Crippen LogP contribution is -2.61. The molecule has 0 amide bonds. The summed E-state index contributed by atoms with van der Waals surface area (Å²) in [6.45, 7) is 3.46. The molecule has 29 heavy (non-hydrogen) atoms. The second-order valence-electron chi connectivity index (χ2n) is 5.50. The number of hydrogen-bond acceptors (Lipinski definition) is 6. The van der Waals surface area contributed by atoms with Crippen LogP contribution in [-0.2, 0) is 20.2 Å². The van der Waals surface area contributed by atoms with Crippen LogP contribution >= 0.6 is 0 Å². The van der Waals surface area contributed by atoms with Gasteiger partial charge in [0.1, 0.15) is 0 Å². The molecule has 0 saturated carbocycles. The van der Waals surface area contributed by atoms with Crippen LogP contribution in [-0.4, -0.2) is 37.8 Å². The lowest BCUT2D eigenvalue weighted by Gasteiger charge is -2.32. The molecule has 14 heteroatoms. The van der Waals surface area contributed by atoms with E-state index in [4.69, 9.17) is 0 Å². The van der Waals surface area contributed by atoms with Crippen LogP contribution in [0.1, 0.15) is 5.56 Å². The van der Waals surface area contributed by atoms with E-state index < -0.39 is 42.4 Å². The molecule has 0 aliphatic carbocycles. The normalized spacial score (nSPS) is 14.0. The van der Waals surface area contributed by atoms with Gasteiger partial charge in [-0.1, -0.05) is 43.0 Å². The molecule has 0 aliphatic rings. The van der Waals surface area contributed by atoms with Gasteiger partial charge in [0.25, 0.3) is 0 Å². The van der Waals surface area contributed by atoms with Crippen molar-refractivity contribution in [2.75, 3.05) is 0 Å². The summed E-state index contributed by atoms with van der Waals surface area (Å²) < 4.78 is 140. The Labute approximate surface area is 160 Å². The van der Waals surface area contributed by atoms with E-state index in [1.54, 1.807) is 0 Å². The van der Waals surface area contributed by atoms with E-state index in [1.807, 2.05) is 0 Å². The Hall–Kier alpha value is -2.32. The number of hydrogen-bond donors (Lipinski definition) is 0. The van der Waals surface area contributed by atoms with Crippen molar-refractivity contribution in [3.05, 3.63) is 48.5 Å². The summed E-state index contributed by atoms with van der Waals surface area (Å²) >= 11 is 0. The summed E-state index contributed by atoms with van der Waals surface area (Å²) in [4.78, 5) is 0. The Bertz CT molecular complexity index is 1180. The zero-order valence-corrected chi connectivity index (χ0v) is 15.4. The van der Waals surface area contributed by atoms with Gasteiger partial charge in [-0.25, -0.2) is 8.42 Å². The van der Waals surface area contributed by atoms with E-state index in [2.05, 4.69) is 10.8 Å². The predicted octanol–water partition coefficient (Wildman–Crippen LogP) is 3.56. The summed E-state index contributed by atoms with van der Waals surface area (Å²) in [5.41, 5.74) is 0.367. The fourth-order valence-corrected chi connectivity index (χ4v) is 3.63. The highest BCUT2D eigenvalue weighted by molar-refractivity contribution is 7.88. The Kier molecular flexibility index (Phi) is 5.45. The lowest BCUT2D eigenvalue weighted by atomic mass is 10.0. The third-order valence-electron chi connectivity index (χ3n) is 3.70. The van der Waals surface area contributed by atoms with Gasteiger partial charge in [0.2, 0.25) is 0 Å². The van der Waals surface area contributed by atoms with Gasteiger partial charge in [-0.2, -0.15) is 34.8 Å². The van der Waals surface area contributed by atoms with Crippen molar-refractivity contribution in [1.29, 1.82) is 0 Å². The van der Waals surface area contributed by atoms with Gasteiger partial charge in [-0.05, 0) is 17.0 Å². The maximum atomic E-state index is 13.9. The highest BCUT2D eigenvalue weighted by atomic mass is 32.2. The van der Waals surface area contributed by atoms with Gasteiger partial charge in [-0.15, -0.1) is 0 Å². The number of fused-ring (bicyclic) bond motifs is 1. The quantitative estimate of drug-likeness (QED) is 0.354. The van der Waals surface area contributed by atoms with Crippen LogP contribution in [0.3, 0.4) is 0 Å². The van der Waals surface area contributed by atoms with Gasteiger partial charge >= 0.3 is 26.5 Å². The summed E-state index contributed by atoms with van der Waals surface area (Å²) in [5.74, 6) is -8.08. The van der Waals surface area contributed by atoms with E-state index in [9.17, 15) is 47.7 Å². The predicted molar refractivity (Wildman–Crippen MR) is 88.1 cm³/mol. The van der Waals surface area contributed by atoms with Crippen LogP contribution in [0.4, 0.5) is 26.3 Å². The molecule has 2 aromatic carbocycles. The van der Waals surface area contributed by atoms with Crippen LogP contribution in [0, 0.1) is 0 Å². The topological polar surface area (TPSA) is 101 Å². The van der Waals surface area contributed by atoms with Crippen molar-refractivity contribution in [3.8, 4) is 5.75 Å². The molecule has 0 spiro atoms. The van der Waals surface area contributed by atoms with E-state index in [0.29, 0.717) is 5.56 Å². The van der Waals surface area contributed by atoms with E-state index in [-0.39, 0.29) is 10.8 Å². The van der Waals surface area contributed by atoms with Crippen LogP contribution in [0.2, 0.25) is 0 Å². The highest BCUT2D eigenvalue weighted by Crippen LogP contribution is 2.51. The van der Waals surface area contributed by atoms with Crippen molar-refractivity contribution in [1.82, 2.24) is 0 Å². The van der Waals surface area contributed by atoms with Crippen LogP contribution in [0.25, 0.3) is 16.8 Å². The van der Waals surface area contributed by atoms with Crippen molar-refractivity contribution in [2.24, 2.45) is 0 Å². The molecule has 0 atom stereocenters. The van der Waals surface area contributed by atoms with Gasteiger partial charge in [-0.3, -0.25) is 0 Å². The Balaban J connectivity index is 2.62. The molecule has 0 saturated heterocycles. The van der Waals surface area contributed by atoms with E-state index in [1.165, 1.54) is 24.3 Å². The average molecular weight is 463 g/mol. The summed E-state index contributed by atoms with van der Waals surface area (Å²) in [7, 11) is -14.3. The first-order valence-corrected chi connectivity index (χ1v) is 10.00. The maximum Gasteiger partial charge on any atom is 0.450 e. The zero-order chi connectivity index (χ0) is 22.5. The molecule has 2 aromatic rings.